The molecule has 0 saturated carbocycles. The average Bonchev–Trinajstić information content (AvgIpc) is 2.82. The van der Waals surface area contributed by atoms with Gasteiger partial charge in [0.05, 0.1) is 17.6 Å². The first-order chi connectivity index (χ1) is 16.8. The van der Waals surface area contributed by atoms with Crippen molar-refractivity contribution >= 4 is 23.7 Å². The Hall–Kier alpha value is -4.67. The fourth-order valence-corrected chi connectivity index (χ4v) is 3.16. The minimum absolute atomic E-state index is 0.0689. The SMILES string of the molecule is CCOc1cc(/C=C/c2nc(O)c([N+](=O)[O-])c(=O)[nH]2)ccc1OCC(=O)N[C@@H](C)c1ccccc1. The standard InChI is InChI=1S/C24H24N4O7/c1-3-34-19-13-16(10-12-20-26-23(30)22(28(32)33)24(31)27-20)9-11-18(19)35-14-21(29)25-15(2)17-7-5-4-6-8-17/h4-13,15H,3,14H2,1-2H3,(H,25,29)(H2,26,27,30,31)/b12-10+/t15-/m0/s1. The van der Waals surface area contributed by atoms with Gasteiger partial charge in [0.25, 0.3) is 11.8 Å². The van der Waals surface area contributed by atoms with Gasteiger partial charge < -0.3 is 24.9 Å². The Kier molecular flexibility index (Phi) is 8.17. The van der Waals surface area contributed by atoms with E-state index in [1.807, 2.05) is 37.3 Å². The molecule has 182 valence electrons. The van der Waals surface area contributed by atoms with Crippen LogP contribution in [0.2, 0.25) is 0 Å². The first kappa shape index (κ1) is 25.0. The Labute approximate surface area is 200 Å². The van der Waals surface area contributed by atoms with Crippen LogP contribution < -0.4 is 20.3 Å². The van der Waals surface area contributed by atoms with Crippen LogP contribution in [0.4, 0.5) is 5.69 Å². The number of amides is 1. The third-order valence-corrected chi connectivity index (χ3v) is 4.81. The van der Waals surface area contributed by atoms with Crippen molar-refractivity contribution in [1.29, 1.82) is 0 Å². The number of hydrogen-bond donors (Lipinski definition) is 3. The number of rotatable bonds is 10. The summed E-state index contributed by atoms with van der Waals surface area (Å²) in [6.45, 7) is 3.83. The number of nitrogens with one attached hydrogen (secondary N) is 2. The van der Waals surface area contributed by atoms with E-state index in [0.717, 1.165) is 5.56 Å². The molecule has 0 aliphatic carbocycles. The molecule has 0 spiro atoms. The van der Waals surface area contributed by atoms with Crippen LogP contribution in [-0.4, -0.2) is 39.1 Å². The second-order valence-electron chi connectivity index (χ2n) is 7.34. The second-order valence-corrected chi connectivity index (χ2v) is 7.34. The minimum atomic E-state index is -1.07. The van der Waals surface area contributed by atoms with E-state index < -0.39 is 22.0 Å². The van der Waals surface area contributed by atoms with Gasteiger partial charge in [-0.3, -0.25) is 19.7 Å². The fourth-order valence-electron chi connectivity index (χ4n) is 3.16. The smallest absolute Gasteiger partial charge is 0.395 e. The van der Waals surface area contributed by atoms with E-state index in [4.69, 9.17) is 9.47 Å². The molecule has 1 atom stereocenters. The molecule has 3 aromatic rings. The number of aromatic amines is 1. The summed E-state index contributed by atoms with van der Waals surface area (Å²) in [5.41, 5.74) is -0.488. The molecule has 0 bridgehead atoms. The molecule has 0 unspecified atom stereocenters. The molecule has 3 rings (SSSR count). The van der Waals surface area contributed by atoms with Gasteiger partial charge in [0, 0.05) is 0 Å². The molecule has 1 heterocycles. The summed E-state index contributed by atoms with van der Waals surface area (Å²) in [4.78, 5) is 39.7. The highest BCUT2D eigenvalue weighted by molar-refractivity contribution is 5.78. The van der Waals surface area contributed by atoms with Gasteiger partial charge in [-0.25, -0.2) is 0 Å². The van der Waals surface area contributed by atoms with Gasteiger partial charge >= 0.3 is 11.2 Å². The molecule has 35 heavy (non-hydrogen) atoms. The largest absolute Gasteiger partial charge is 0.490 e. The highest BCUT2D eigenvalue weighted by Crippen LogP contribution is 2.29. The van der Waals surface area contributed by atoms with E-state index in [2.05, 4.69) is 15.3 Å². The molecule has 1 amide bonds. The van der Waals surface area contributed by atoms with E-state index in [9.17, 15) is 24.8 Å². The van der Waals surface area contributed by atoms with Crippen LogP contribution in [0.3, 0.4) is 0 Å². The first-order valence-corrected chi connectivity index (χ1v) is 10.7. The third kappa shape index (κ3) is 6.67. The van der Waals surface area contributed by atoms with Crippen molar-refractivity contribution in [3.63, 3.8) is 0 Å². The van der Waals surface area contributed by atoms with Crippen molar-refractivity contribution < 1.29 is 24.3 Å². The first-order valence-electron chi connectivity index (χ1n) is 10.7. The van der Waals surface area contributed by atoms with Crippen LogP contribution in [0, 0.1) is 10.1 Å². The van der Waals surface area contributed by atoms with Crippen LogP contribution in [0.1, 0.15) is 36.8 Å². The summed E-state index contributed by atoms with van der Waals surface area (Å²) < 4.78 is 11.3. The van der Waals surface area contributed by atoms with Crippen LogP contribution in [0.15, 0.2) is 53.3 Å². The van der Waals surface area contributed by atoms with E-state index in [1.54, 1.807) is 31.2 Å². The number of hydrogen-bond acceptors (Lipinski definition) is 8. The maximum absolute atomic E-state index is 12.3. The monoisotopic (exact) mass is 480 g/mol. The molecule has 0 aliphatic rings. The van der Waals surface area contributed by atoms with Crippen LogP contribution in [-0.2, 0) is 4.79 Å². The fraction of sp³-hybridized carbons (Fsp3) is 0.208. The summed E-state index contributed by atoms with van der Waals surface area (Å²) >= 11 is 0. The summed E-state index contributed by atoms with van der Waals surface area (Å²) in [7, 11) is 0. The van der Waals surface area contributed by atoms with Crippen molar-refractivity contribution in [3.8, 4) is 17.4 Å². The predicted molar refractivity (Wildman–Crippen MR) is 128 cm³/mol. The molecule has 2 aromatic carbocycles. The van der Waals surface area contributed by atoms with Crippen molar-refractivity contribution in [2.24, 2.45) is 0 Å². The lowest BCUT2D eigenvalue weighted by Crippen LogP contribution is -2.31. The lowest BCUT2D eigenvalue weighted by Gasteiger charge is -2.16. The molecular weight excluding hydrogens is 456 g/mol. The third-order valence-electron chi connectivity index (χ3n) is 4.81. The Balaban J connectivity index is 1.69. The molecule has 3 N–H and O–H groups in total. The second kappa shape index (κ2) is 11.5. The molecule has 1 aromatic heterocycles. The molecule has 11 heteroatoms. The zero-order valence-electron chi connectivity index (χ0n) is 19.1. The molecule has 0 radical (unpaired) electrons. The average molecular weight is 480 g/mol. The topological polar surface area (TPSA) is 157 Å². The van der Waals surface area contributed by atoms with E-state index in [1.165, 1.54) is 6.08 Å². The summed E-state index contributed by atoms with van der Waals surface area (Å²) in [6.07, 6.45) is 2.93. The van der Waals surface area contributed by atoms with E-state index in [-0.39, 0.29) is 24.4 Å². The number of benzene rings is 2. The molecule has 0 aliphatic heterocycles. The Morgan fingerprint density at radius 1 is 1.20 bits per heavy atom. The van der Waals surface area contributed by atoms with Crippen molar-refractivity contribution in [2.45, 2.75) is 19.9 Å². The highest BCUT2D eigenvalue weighted by atomic mass is 16.6. The zero-order valence-corrected chi connectivity index (χ0v) is 19.1. The summed E-state index contributed by atoms with van der Waals surface area (Å²) in [6, 6.07) is 14.3. The van der Waals surface area contributed by atoms with Gasteiger partial charge in [0.1, 0.15) is 5.82 Å². The van der Waals surface area contributed by atoms with Crippen LogP contribution in [0.25, 0.3) is 12.2 Å². The summed E-state index contributed by atoms with van der Waals surface area (Å²) in [5, 5.41) is 23.3. The maximum atomic E-state index is 12.3. The number of aromatic nitrogens is 2. The normalized spacial score (nSPS) is 11.7. The van der Waals surface area contributed by atoms with Crippen molar-refractivity contribution in [3.05, 3.63) is 86.0 Å². The number of aromatic hydroxyl groups is 1. The predicted octanol–water partition coefficient (Wildman–Crippen LogP) is 3.21. The lowest BCUT2D eigenvalue weighted by atomic mass is 10.1. The van der Waals surface area contributed by atoms with Crippen LogP contribution in [0.5, 0.6) is 17.4 Å². The number of carbonyl (C=O) groups is 1. The van der Waals surface area contributed by atoms with Gasteiger partial charge in [0.15, 0.2) is 18.1 Å². The number of nitrogens with zero attached hydrogens (tertiary/aromatic N) is 2. The number of carbonyl (C=O) groups excluding carboxylic acids is 1. The quantitative estimate of drug-likeness (QED) is 0.295. The number of H-pyrrole nitrogens is 1. The Morgan fingerprint density at radius 3 is 2.60 bits per heavy atom. The Bertz CT molecular complexity index is 1290. The Morgan fingerprint density at radius 2 is 1.94 bits per heavy atom. The number of nitro groups is 1. The zero-order chi connectivity index (χ0) is 25.4. The maximum Gasteiger partial charge on any atom is 0.395 e. The van der Waals surface area contributed by atoms with Gasteiger partial charge in [-0.05, 0) is 43.2 Å². The lowest BCUT2D eigenvalue weighted by molar-refractivity contribution is -0.387. The van der Waals surface area contributed by atoms with Gasteiger partial charge in [-0.1, -0.05) is 42.5 Å². The van der Waals surface area contributed by atoms with Gasteiger partial charge in [0.2, 0.25) is 0 Å². The van der Waals surface area contributed by atoms with Crippen molar-refractivity contribution in [2.75, 3.05) is 13.2 Å². The highest BCUT2D eigenvalue weighted by Gasteiger charge is 2.21. The minimum Gasteiger partial charge on any atom is -0.490 e. The van der Waals surface area contributed by atoms with Crippen molar-refractivity contribution in [1.82, 2.24) is 15.3 Å². The molecule has 11 nitrogen and oxygen atoms in total. The van der Waals surface area contributed by atoms with Crippen LogP contribution >= 0.6 is 0 Å². The van der Waals surface area contributed by atoms with E-state index in [0.29, 0.717) is 23.7 Å². The van der Waals surface area contributed by atoms with E-state index >= 15 is 0 Å². The molecule has 0 fully saturated rings. The van der Waals surface area contributed by atoms with Gasteiger partial charge in [-0.15, -0.1) is 0 Å². The summed E-state index contributed by atoms with van der Waals surface area (Å²) in [5.74, 6) is -0.573. The number of ether oxygens (including phenoxy) is 2. The van der Waals surface area contributed by atoms with Gasteiger partial charge in [-0.2, -0.15) is 4.98 Å². The molecular formula is C24H24N4O7. The molecule has 0 saturated heterocycles.